The molecule has 0 spiro atoms. The van der Waals surface area contributed by atoms with Crippen molar-refractivity contribution in [3.63, 3.8) is 0 Å². The number of rotatable bonds is 10. The molecule has 4 aromatic rings. The van der Waals surface area contributed by atoms with Gasteiger partial charge in [-0.25, -0.2) is 13.5 Å². The molecule has 1 saturated carbocycles. The number of phenolic OH excluding ortho intramolecular Hbond substituents is 1. The second-order valence-electron chi connectivity index (χ2n) is 9.50. The number of nitrogens with one attached hydrogen (secondary N) is 2. The van der Waals surface area contributed by atoms with Crippen LogP contribution in [0.1, 0.15) is 58.2 Å². The molecule has 5 N–H and O–H groups in total. The number of phenols is 1. The Morgan fingerprint density at radius 3 is 2.47 bits per heavy atom. The highest BCUT2D eigenvalue weighted by Crippen LogP contribution is 2.32. The number of carbonyl (C=O) groups is 1. The minimum Gasteiger partial charge on any atom is -0.508 e. The first-order valence-electron chi connectivity index (χ1n) is 12.5. The van der Waals surface area contributed by atoms with Crippen LogP contribution in [0, 0.1) is 5.92 Å². The van der Waals surface area contributed by atoms with Crippen LogP contribution in [0.25, 0.3) is 5.69 Å². The lowest BCUT2D eigenvalue weighted by molar-refractivity contribution is 0.101. The highest BCUT2D eigenvalue weighted by atomic mass is 19.3. The van der Waals surface area contributed by atoms with Crippen LogP contribution in [0.15, 0.2) is 78.9 Å². The zero-order valence-electron chi connectivity index (χ0n) is 20.6. The van der Waals surface area contributed by atoms with Gasteiger partial charge in [0.25, 0.3) is 12.3 Å². The Balaban J connectivity index is 1.44. The van der Waals surface area contributed by atoms with Crippen LogP contribution in [-0.4, -0.2) is 27.3 Å². The second-order valence-corrected chi connectivity index (χ2v) is 9.50. The SMILES string of the molecule is NCc1cccc(-n2nc(C(F)F)cc2C(=O)Nc2cccc(C(NCC3CC3)c3cccc(O)c3)c2)c1. The number of carbonyl (C=O) groups excluding carboxylic acids is 1. The van der Waals surface area contributed by atoms with Crippen LogP contribution in [0.4, 0.5) is 14.5 Å². The summed E-state index contributed by atoms with van der Waals surface area (Å²) in [4.78, 5) is 13.3. The molecule has 38 heavy (non-hydrogen) atoms. The summed E-state index contributed by atoms with van der Waals surface area (Å²) < 4.78 is 28.3. The third-order valence-corrected chi connectivity index (χ3v) is 6.56. The first-order valence-corrected chi connectivity index (χ1v) is 12.5. The Morgan fingerprint density at radius 2 is 1.76 bits per heavy atom. The Hall–Kier alpha value is -4.08. The molecular weight excluding hydrogens is 488 g/mol. The molecule has 0 saturated heterocycles. The molecule has 0 radical (unpaired) electrons. The van der Waals surface area contributed by atoms with Crippen LogP contribution in [0.3, 0.4) is 0 Å². The summed E-state index contributed by atoms with van der Waals surface area (Å²) in [7, 11) is 0. The Morgan fingerprint density at radius 1 is 1.03 bits per heavy atom. The molecule has 196 valence electrons. The fourth-order valence-electron chi connectivity index (χ4n) is 4.41. The standard InChI is InChI=1S/C29H29F2N5O2/c30-28(31)25-15-26(36(35-25)23-8-1-4-19(12-23)16-32)29(38)34-22-7-2-5-20(13-22)27(33-17-18-10-11-18)21-6-3-9-24(37)14-21/h1-9,12-15,18,27-28,33,37H,10-11,16-17,32H2,(H,34,38). The minimum atomic E-state index is -2.83. The van der Waals surface area contributed by atoms with Crippen LogP contribution in [-0.2, 0) is 6.54 Å². The van der Waals surface area contributed by atoms with E-state index in [2.05, 4.69) is 15.7 Å². The highest BCUT2D eigenvalue weighted by molar-refractivity contribution is 6.03. The largest absolute Gasteiger partial charge is 0.508 e. The van der Waals surface area contributed by atoms with E-state index in [0.717, 1.165) is 29.3 Å². The number of nitrogens with zero attached hydrogens (tertiary/aromatic N) is 2. The van der Waals surface area contributed by atoms with Crippen molar-refractivity contribution < 1.29 is 18.7 Å². The lowest BCUT2D eigenvalue weighted by atomic mass is 9.97. The van der Waals surface area contributed by atoms with Gasteiger partial charge in [0.15, 0.2) is 0 Å². The Kier molecular flexibility index (Phi) is 7.48. The molecule has 0 bridgehead atoms. The molecule has 1 fully saturated rings. The molecule has 1 aromatic heterocycles. The van der Waals surface area contributed by atoms with E-state index in [1.807, 2.05) is 30.3 Å². The fraction of sp³-hybridized carbons (Fsp3) is 0.241. The van der Waals surface area contributed by atoms with Crippen LogP contribution >= 0.6 is 0 Å². The topological polar surface area (TPSA) is 105 Å². The van der Waals surface area contributed by atoms with Crippen molar-refractivity contribution in [2.45, 2.75) is 31.9 Å². The molecule has 1 amide bonds. The molecule has 1 atom stereocenters. The van der Waals surface area contributed by atoms with Gasteiger partial charge in [-0.2, -0.15) is 5.10 Å². The predicted molar refractivity (Wildman–Crippen MR) is 141 cm³/mol. The van der Waals surface area contributed by atoms with Gasteiger partial charge in [-0.05, 0) is 84.5 Å². The van der Waals surface area contributed by atoms with Gasteiger partial charge in [0.1, 0.15) is 17.1 Å². The molecule has 9 heteroatoms. The Labute approximate surface area is 219 Å². The van der Waals surface area contributed by atoms with Gasteiger partial charge in [0.2, 0.25) is 0 Å². The molecule has 5 rings (SSSR count). The van der Waals surface area contributed by atoms with E-state index in [0.29, 0.717) is 17.3 Å². The number of hydrogen-bond acceptors (Lipinski definition) is 5. The number of halogens is 2. The van der Waals surface area contributed by atoms with Crippen molar-refractivity contribution in [1.82, 2.24) is 15.1 Å². The number of hydrogen-bond donors (Lipinski definition) is 4. The monoisotopic (exact) mass is 517 g/mol. The fourth-order valence-corrected chi connectivity index (χ4v) is 4.41. The Bertz CT molecular complexity index is 1430. The van der Waals surface area contributed by atoms with Crippen LogP contribution in [0.5, 0.6) is 5.75 Å². The van der Waals surface area contributed by atoms with Crippen molar-refractivity contribution in [3.8, 4) is 11.4 Å². The van der Waals surface area contributed by atoms with Gasteiger partial charge in [0, 0.05) is 12.2 Å². The third-order valence-electron chi connectivity index (χ3n) is 6.56. The van der Waals surface area contributed by atoms with E-state index < -0.39 is 18.0 Å². The summed E-state index contributed by atoms with van der Waals surface area (Å²) in [5.74, 6) is 0.242. The van der Waals surface area contributed by atoms with Gasteiger partial charge in [-0.1, -0.05) is 36.4 Å². The maximum atomic E-state index is 13.5. The van der Waals surface area contributed by atoms with Gasteiger partial charge in [-0.3, -0.25) is 4.79 Å². The van der Waals surface area contributed by atoms with Crippen molar-refractivity contribution in [3.05, 3.63) is 107 Å². The number of benzene rings is 3. The van der Waals surface area contributed by atoms with E-state index >= 15 is 0 Å². The van der Waals surface area contributed by atoms with Gasteiger partial charge in [-0.15, -0.1) is 0 Å². The number of aromatic nitrogens is 2. The van der Waals surface area contributed by atoms with Gasteiger partial charge in [0.05, 0.1) is 11.7 Å². The van der Waals surface area contributed by atoms with Gasteiger partial charge >= 0.3 is 0 Å². The zero-order valence-corrected chi connectivity index (χ0v) is 20.6. The number of nitrogens with two attached hydrogens (primary N) is 1. The van der Waals surface area contributed by atoms with Gasteiger partial charge < -0.3 is 21.5 Å². The molecule has 0 aliphatic heterocycles. The number of anilines is 1. The van der Waals surface area contributed by atoms with Crippen molar-refractivity contribution in [2.24, 2.45) is 11.7 Å². The van der Waals surface area contributed by atoms with E-state index in [1.165, 1.54) is 17.5 Å². The minimum absolute atomic E-state index is 0.0173. The van der Waals surface area contributed by atoms with E-state index in [1.54, 1.807) is 42.5 Å². The molecular formula is C29H29F2N5O2. The normalized spacial score (nSPS) is 14.0. The number of alkyl halides is 2. The van der Waals surface area contributed by atoms with Crippen molar-refractivity contribution in [2.75, 3.05) is 11.9 Å². The second kappa shape index (κ2) is 11.1. The first kappa shape index (κ1) is 25.6. The first-order chi connectivity index (χ1) is 18.4. The summed E-state index contributed by atoms with van der Waals surface area (Å²) in [6.07, 6.45) is -0.444. The van der Waals surface area contributed by atoms with E-state index in [-0.39, 0.29) is 24.0 Å². The highest BCUT2D eigenvalue weighted by Gasteiger charge is 2.25. The smallest absolute Gasteiger partial charge is 0.282 e. The van der Waals surface area contributed by atoms with Crippen molar-refractivity contribution >= 4 is 11.6 Å². The summed E-state index contributed by atoms with van der Waals surface area (Å²) in [5, 5.41) is 20.4. The molecule has 1 heterocycles. The van der Waals surface area contributed by atoms with E-state index in [4.69, 9.17) is 5.73 Å². The molecule has 1 aliphatic carbocycles. The average Bonchev–Trinajstić information content (AvgIpc) is 3.63. The zero-order chi connectivity index (χ0) is 26.6. The summed E-state index contributed by atoms with van der Waals surface area (Å²) in [5.41, 5.74) is 8.77. The number of amides is 1. The average molecular weight is 518 g/mol. The lowest BCUT2D eigenvalue weighted by Gasteiger charge is -2.21. The summed E-state index contributed by atoms with van der Waals surface area (Å²) in [6.45, 7) is 1.11. The maximum Gasteiger partial charge on any atom is 0.282 e. The van der Waals surface area contributed by atoms with E-state index in [9.17, 15) is 18.7 Å². The maximum absolute atomic E-state index is 13.5. The molecule has 1 aliphatic rings. The molecule has 3 aromatic carbocycles. The third kappa shape index (κ3) is 5.90. The number of aromatic hydroxyl groups is 1. The van der Waals surface area contributed by atoms with Crippen LogP contribution < -0.4 is 16.4 Å². The molecule has 1 unspecified atom stereocenters. The quantitative estimate of drug-likeness (QED) is 0.228. The van der Waals surface area contributed by atoms with Crippen LogP contribution in [0.2, 0.25) is 0 Å². The molecule has 7 nitrogen and oxygen atoms in total. The predicted octanol–water partition coefficient (Wildman–Crippen LogP) is 5.32. The summed E-state index contributed by atoms with van der Waals surface area (Å²) >= 11 is 0. The lowest BCUT2D eigenvalue weighted by Crippen LogP contribution is -2.25. The summed E-state index contributed by atoms with van der Waals surface area (Å²) in [6, 6.07) is 22.3. The van der Waals surface area contributed by atoms with Crippen molar-refractivity contribution in [1.29, 1.82) is 0 Å².